The Hall–Kier alpha value is -1.71. The fourth-order valence-corrected chi connectivity index (χ4v) is 0.936. The smallest absolute Gasteiger partial charge is 0.317 e. The molecule has 0 atom stereocenters. The molecule has 0 amide bonds. The summed E-state index contributed by atoms with van der Waals surface area (Å²) in [6, 6.07) is 0. The van der Waals surface area contributed by atoms with Crippen LogP contribution in [0.2, 0.25) is 0 Å². The van der Waals surface area contributed by atoms with Gasteiger partial charge in [-0.2, -0.15) is 5.48 Å². The van der Waals surface area contributed by atoms with Gasteiger partial charge in [0.15, 0.2) is 0 Å². The second-order valence-corrected chi connectivity index (χ2v) is 2.46. The van der Waals surface area contributed by atoms with Crippen molar-refractivity contribution in [2.45, 2.75) is 5.79 Å². The van der Waals surface area contributed by atoms with E-state index in [4.69, 9.17) is 11.5 Å². The lowest BCUT2D eigenvalue weighted by Crippen LogP contribution is -2.63. The zero-order chi connectivity index (χ0) is 9.47. The van der Waals surface area contributed by atoms with Crippen LogP contribution in [0.3, 0.4) is 0 Å². The fourth-order valence-electron chi connectivity index (χ4n) is 0.936. The first-order valence-electron chi connectivity index (χ1n) is 3.26. The molecule has 9 nitrogen and oxygen atoms in total. The van der Waals surface area contributed by atoms with Crippen molar-refractivity contribution in [1.82, 2.24) is 15.8 Å². The predicted molar refractivity (Wildman–Crippen MR) is 37.4 cm³/mol. The second kappa shape index (κ2) is 2.39. The molecule has 1 aliphatic heterocycles. The number of nitrogens with zero attached hydrogens (tertiary/aromatic N) is 3. The monoisotopic (exact) mass is 186 g/mol. The summed E-state index contributed by atoms with van der Waals surface area (Å²) >= 11 is 0. The van der Waals surface area contributed by atoms with E-state index in [0.717, 1.165) is 0 Å². The standard InChI is InChI=1S/C4H6N6O3/c5-4(6)3(10(11)13-9-4)2-1-7-12-8-2/h1,9H,5-6H2. The van der Waals surface area contributed by atoms with Gasteiger partial charge in [0.05, 0.1) is 4.90 Å². The molecule has 0 saturated heterocycles. The number of nitrogens with one attached hydrogen (secondary N) is 1. The molecule has 0 radical (unpaired) electrons. The van der Waals surface area contributed by atoms with E-state index in [2.05, 4.69) is 25.4 Å². The molecular weight excluding hydrogens is 180 g/mol. The van der Waals surface area contributed by atoms with Crippen molar-refractivity contribution in [3.63, 3.8) is 0 Å². The summed E-state index contributed by atoms with van der Waals surface area (Å²) in [5, 5.41) is 17.7. The molecule has 0 aliphatic carbocycles. The molecule has 0 unspecified atom stereocenters. The Kier molecular flexibility index (Phi) is 1.45. The van der Waals surface area contributed by atoms with E-state index in [9.17, 15) is 5.21 Å². The van der Waals surface area contributed by atoms with Gasteiger partial charge in [-0.25, -0.2) is 4.63 Å². The highest BCUT2D eigenvalue weighted by Crippen LogP contribution is 2.07. The molecule has 0 bridgehead atoms. The fraction of sp³-hybridized carbons (Fsp3) is 0.250. The Morgan fingerprint density at radius 1 is 1.62 bits per heavy atom. The van der Waals surface area contributed by atoms with Crippen molar-refractivity contribution in [1.29, 1.82) is 0 Å². The van der Waals surface area contributed by atoms with Crippen molar-refractivity contribution in [2.75, 3.05) is 0 Å². The number of nitrogens with two attached hydrogens (primary N) is 2. The molecule has 0 fully saturated rings. The highest BCUT2D eigenvalue weighted by molar-refractivity contribution is 6.01. The molecule has 13 heavy (non-hydrogen) atoms. The molecular formula is C4H6N6O3. The minimum atomic E-state index is -1.60. The van der Waals surface area contributed by atoms with Crippen LogP contribution in [0.15, 0.2) is 10.8 Å². The summed E-state index contributed by atoms with van der Waals surface area (Å²) in [6.45, 7) is 0. The lowest BCUT2D eigenvalue weighted by atomic mass is 10.2. The van der Waals surface area contributed by atoms with E-state index >= 15 is 0 Å². The van der Waals surface area contributed by atoms with Crippen molar-refractivity contribution >= 4 is 5.71 Å². The maximum absolute atomic E-state index is 11.0. The summed E-state index contributed by atoms with van der Waals surface area (Å²) in [7, 11) is 0. The van der Waals surface area contributed by atoms with Crippen molar-refractivity contribution < 1.29 is 14.5 Å². The Morgan fingerprint density at radius 2 is 2.38 bits per heavy atom. The molecule has 2 heterocycles. The zero-order valence-electron chi connectivity index (χ0n) is 6.30. The normalized spacial score (nSPS) is 20.5. The number of hydroxylamine groups is 1. The third-order valence-electron chi connectivity index (χ3n) is 1.48. The van der Waals surface area contributed by atoms with Crippen molar-refractivity contribution in [2.24, 2.45) is 11.5 Å². The highest BCUT2D eigenvalue weighted by atomic mass is 17.0. The molecule has 1 aromatic heterocycles. The van der Waals surface area contributed by atoms with Gasteiger partial charge in [-0.15, -0.1) is 0 Å². The van der Waals surface area contributed by atoms with Gasteiger partial charge in [-0.05, 0) is 5.16 Å². The van der Waals surface area contributed by atoms with Gasteiger partial charge in [-0.1, -0.05) is 5.16 Å². The summed E-state index contributed by atoms with van der Waals surface area (Å²) in [4.78, 5) is 4.45. The predicted octanol–water partition coefficient (Wildman–Crippen LogP) is -2.61. The molecule has 1 aliphatic rings. The molecule has 2 rings (SSSR count). The quantitative estimate of drug-likeness (QED) is 0.320. The van der Waals surface area contributed by atoms with E-state index in [-0.39, 0.29) is 16.3 Å². The average Bonchev–Trinajstić information content (AvgIpc) is 2.60. The van der Waals surface area contributed by atoms with Crippen LogP contribution in [-0.4, -0.2) is 26.7 Å². The minimum Gasteiger partial charge on any atom is -0.317 e. The molecule has 1 aromatic rings. The van der Waals surface area contributed by atoms with Gasteiger partial charge >= 0.3 is 5.71 Å². The number of aromatic nitrogens is 2. The van der Waals surface area contributed by atoms with Gasteiger partial charge in [-0.3, -0.25) is 16.7 Å². The van der Waals surface area contributed by atoms with Crippen molar-refractivity contribution in [3.8, 4) is 0 Å². The van der Waals surface area contributed by atoms with Gasteiger partial charge in [0.1, 0.15) is 6.20 Å². The summed E-state index contributed by atoms with van der Waals surface area (Å²) in [5.41, 5.74) is 13.0. The van der Waals surface area contributed by atoms with Gasteiger partial charge < -0.3 is 4.94 Å². The lowest BCUT2D eigenvalue weighted by molar-refractivity contribution is -0.748. The van der Waals surface area contributed by atoms with E-state index in [1.807, 2.05) is 0 Å². The van der Waals surface area contributed by atoms with Crippen LogP contribution < -0.4 is 16.9 Å². The third-order valence-corrected chi connectivity index (χ3v) is 1.48. The third kappa shape index (κ3) is 1.11. The number of hydrogen-bond acceptors (Lipinski definition) is 8. The molecule has 5 N–H and O–H groups in total. The molecule has 0 spiro atoms. The van der Waals surface area contributed by atoms with Crippen LogP contribution in [0.25, 0.3) is 0 Å². The Bertz CT molecular complexity index is 343. The number of rotatable bonds is 1. The molecule has 9 heteroatoms. The first-order valence-corrected chi connectivity index (χ1v) is 3.26. The largest absolute Gasteiger partial charge is 0.327 e. The van der Waals surface area contributed by atoms with E-state index in [0.29, 0.717) is 0 Å². The summed E-state index contributed by atoms with van der Waals surface area (Å²) in [5.74, 6) is -1.60. The van der Waals surface area contributed by atoms with Crippen LogP contribution in [-0.2, 0) is 4.94 Å². The van der Waals surface area contributed by atoms with E-state index < -0.39 is 5.79 Å². The average molecular weight is 186 g/mol. The first kappa shape index (κ1) is 7.91. The maximum Gasteiger partial charge on any atom is 0.327 e. The Morgan fingerprint density at radius 3 is 2.85 bits per heavy atom. The topological polar surface area (TPSA) is 138 Å². The Balaban J connectivity index is 2.47. The van der Waals surface area contributed by atoms with E-state index in [1.54, 1.807) is 0 Å². The van der Waals surface area contributed by atoms with Crippen LogP contribution in [0.5, 0.6) is 0 Å². The second-order valence-electron chi connectivity index (χ2n) is 2.46. The Labute approximate surface area is 71.4 Å². The zero-order valence-corrected chi connectivity index (χ0v) is 6.30. The van der Waals surface area contributed by atoms with Gasteiger partial charge in [0.2, 0.25) is 11.5 Å². The summed E-state index contributed by atoms with van der Waals surface area (Å²) in [6.07, 6.45) is 1.20. The van der Waals surface area contributed by atoms with Gasteiger partial charge in [0, 0.05) is 0 Å². The molecule has 70 valence electrons. The SMILES string of the molecule is NC1(N)NO[N+]([O-])=C1c1cnon1. The molecule has 0 aromatic carbocycles. The van der Waals surface area contributed by atoms with Crippen LogP contribution in [0, 0.1) is 5.21 Å². The first-order chi connectivity index (χ1) is 6.11. The van der Waals surface area contributed by atoms with Crippen LogP contribution in [0.4, 0.5) is 0 Å². The van der Waals surface area contributed by atoms with E-state index in [1.165, 1.54) is 6.20 Å². The maximum atomic E-state index is 11.0. The van der Waals surface area contributed by atoms with Gasteiger partial charge in [0.25, 0.3) is 0 Å². The van der Waals surface area contributed by atoms with Crippen LogP contribution in [0.1, 0.15) is 5.69 Å². The molecule has 0 saturated carbocycles. The number of hydrogen-bond donors (Lipinski definition) is 3. The van der Waals surface area contributed by atoms with Crippen molar-refractivity contribution in [3.05, 3.63) is 17.1 Å². The van der Waals surface area contributed by atoms with Crippen LogP contribution >= 0.6 is 0 Å². The minimum absolute atomic E-state index is 0.103. The summed E-state index contributed by atoms with van der Waals surface area (Å²) < 4.78 is 4.29. The highest BCUT2D eigenvalue weighted by Gasteiger charge is 2.44. The lowest BCUT2D eigenvalue weighted by Gasteiger charge is -2.12.